The van der Waals surface area contributed by atoms with Crippen LogP contribution < -0.4 is 10.9 Å². The smallest absolute Gasteiger partial charge is 0.317 e. The third kappa shape index (κ3) is 3.28. The van der Waals surface area contributed by atoms with E-state index in [0.717, 1.165) is 11.3 Å². The summed E-state index contributed by atoms with van der Waals surface area (Å²) >= 11 is 0. The molecule has 0 spiro atoms. The fourth-order valence-electron chi connectivity index (χ4n) is 2.67. The van der Waals surface area contributed by atoms with E-state index in [1.807, 2.05) is 6.08 Å². The van der Waals surface area contributed by atoms with E-state index in [9.17, 15) is 9.28 Å². The maximum absolute atomic E-state index is 12.9. The normalized spacial score (nSPS) is 14.4. The lowest BCUT2D eigenvalue weighted by molar-refractivity contribution is 0.198. The first-order valence-corrected chi connectivity index (χ1v) is 7.67. The lowest BCUT2D eigenvalue weighted by Gasteiger charge is -2.26. The number of halogens is 1. The van der Waals surface area contributed by atoms with Crippen LogP contribution in [0.4, 0.5) is 15.0 Å². The van der Waals surface area contributed by atoms with Crippen LogP contribution in [0.25, 0.3) is 16.5 Å². The lowest BCUT2D eigenvalue weighted by atomic mass is 10.0. The largest absolute Gasteiger partial charge is 0.395 e. The van der Waals surface area contributed by atoms with Gasteiger partial charge in [0, 0.05) is 31.2 Å². The summed E-state index contributed by atoms with van der Waals surface area (Å²) in [6.45, 7) is 1.18. The van der Waals surface area contributed by atoms with E-state index in [2.05, 4.69) is 15.3 Å². The Morgan fingerprint density at radius 2 is 2.29 bits per heavy atom. The van der Waals surface area contributed by atoms with Crippen molar-refractivity contribution in [2.24, 2.45) is 0 Å². The van der Waals surface area contributed by atoms with Crippen LogP contribution in [0.2, 0.25) is 0 Å². The molecular formula is C16H18FN5O2. The minimum Gasteiger partial charge on any atom is -0.395 e. The number of nitrogens with one attached hydrogen (secondary N) is 2. The van der Waals surface area contributed by atoms with Crippen LogP contribution in [0.15, 0.2) is 30.6 Å². The molecule has 1 aliphatic rings. The van der Waals surface area contributed by atoms with E-state index in [-0.39, 0.29) is 19.2 Å². The van der Waals surface area contributed by atoms with Gasteiger partial charge in [-0.1, -0.05) is 6.08 Å². The molecule has 8 heteroatoms. The predicted octanol–water partition coefficient (Wildman–Crippen LogP) is 1.72. The van der Waals surface area contributed by atoms with Crippen molar-refractivity contribution in [3.63, 3.8) is 0 Å². The summed E-state index contributed by atoms with van der Waals surface area (Å²) in [5.74, 6) is 0. The van der Waals surface area contributed by atoms with Gasteiger partial charge in [-0.15, -0.1) is 4.48 Å². The quantitative estimate of drug-likeness (QED) is 0.742. The summed E-state index contributed by atoms with van der Waals surface area (Å²) in [4.78, 5) is 22.1. The molecule has 7 nitrogen and oxygen atoms in total. The number of urea groups is 1. The molecule has 3 rings (SSSR count). The highest BCUT2D eigenvalue weighted by Gasteiger charge is 2.18. The molecule has 1 aliphatic heterocycles. The van der Waals surface area contributed by atoms with Crippen molar-refractivity contribution in [1.29, 1.82) is 0 Å². The number of nitrogens with zero attached hydrogens (tertiary/aromatic N) is 3. The second-order valence-corrected chi connectivity index (χ2v) is 5.42. The van der Waals surface area contributed by atoms with E-state index in [4.69, 9.17) is 5.11 Å². The van der Waals surface area contributed by atoms with Crippen LogP contribution in [-0.2, 0) is 0 Å². The van der Waals surface area contributed by atoms with Gasteiger partial charge in [-0.25, -0.2) is 10.3 Å². The van der Waals surface area contributed by atoms with Gasteiger partial charge in [0.25, 0.3) is 0 Å². The van der Waals surface area contributed by atoms with Crippen LogP contribution in [0.1, 0.15) is 12.1 Å². The minimum atomic E-state index is -0.195. The number of fused-ring (bicyclic) bond motifs is 1. The lowest BCUT2D eigenvalue weighted by Crippen LogP contribution is -2.43. The van der Waals surface area contributed by atoms with Crippen LogP contribution in [0.5, 0.6) is 0 Å². The Hall–Kier alpha value is -2.74. The molecule has 0 saturated carbocycles. The SMILES string of the molecule is O=C(NCCO)N1CC=C(c2cc3c(NF)ccnc3cn2)CC1. The van der Waals surface area contributed by atoms with Gasteiger partial charge >= 0.3 is 6.03 Å². The molecule has 0 radical (unpaired) electrons. The highest BCUT2D eigenvalue weighted by molar-refractivity contribution is 5.92. The molecule has 0 atom stereocenters. The van der Waals surface area contributed by atoms with Crippen molar-refractivity contribution < 1.29 is 14.4 Å². The number of pyridine rings is 2. The number of aliphatic hydroxyl groups excluding tert-OH is 1. The Bertz CT molecular complexity index is 780. The summed E-state index contributed by atoms with van der Waals surface area (Å²) < 4.78 is 12.9. The first kappa shape index (κ1) is 16.1. The molecule has 2 aromatic heterocycles. The number of hydrogen-bond donors (Lipinski definition) is 3. The van der Waals surface area contributed by atoms with Gasteiger partial charge < -0.3 is 15.3 Å². The molecule has 0 saturated heterocycles. The molecule has 0 bridgehead atoms. The fourth-order valence-corrected chi connectivity index (χ4v) is 2.67. The topological polar surface area (TPSA) is 90.4 Å². The van der Waals surface area contributed by atoms with Crippen LogP contribution >= 0.6 is 0 Å². The molecule has 2 amide bonds. The average molecular weight is 331 g/mol. The van der Waals surface area contributed by atoms with Gasteiger partial charge in [0.2, 0.25) is 0 Å². The fraction of sp³-hybridized carbons (Fsp3) is 0.312. The standard InChI is InChI=1S/C16H18FN5O2/c17-21-13-1-4-18-15-10-20-14(9-12(13)15)11-2-6-22(7-3-11)16(24)19-5-8-23/h1-2,4,9-10,23H,3,5-8H2,(H,18,21)(H,19,24). The first-order valence-electron chi connectivity index (χ1n) is 7.67. The number of anilines is 1. The number of carbonyl (C=O) groups is 1. The van der Waals surface area contributed by atoms with E-state index in [1.165, 1.54) is 6.20 Å². The van der Waals surface area contributed by atoms with Gasteiger partial charge in [-0.2, -0.15) is 0 Å². The van der Waals surface area contributed by atoms with E-state index < -0.39 is 0 Å². The number of amides is 2. The summed E-state index contributed by atoms with van der Waals surface area (Å²) in [6, 6.07) is 3.17. The number of aromatic nitrogens is 2. The second-order valence-electron chi connectivity index (χ2n) is 5.42. The van der Waals surface area contributed by atoms with E-state index >= 15 is 0 Å². The average Bonchev–Trinajstić information content (AvgIpc) is 2.65. The minimum absolute atomic E-state index is 0.0827. The zero-order chi connectivity index (χ0) is 16.9. The molecule has 0 fully saturated rings. The highest BCUT2D eigenvalue weighted by atomic mass is 19.2. The highest BCUT2D eigenvalue weighted by Crippen LogP contribution is 2.27. The molecule has 24 heavy (non-hydrogen) atoms. The number of aliphatic hydroxyl groups is 1. The van der Waals surface area contributed by atoms with Crippen molar-refractivity contribution >= 4 is 28.2 Å². The summed E-state index contributed by atoms with van der Waals surface area (Å²) in [7, 11) is 0. The monoisotopic (exact) mass is 331 g/mol. The van der Waals surface area contributed by atoms with Gasteiger partial charge in [-0.05, 0) is 24.1 Å². The summed E-state index contributed by atoms with van der Waals surface area (Å²) in [6.07, 6.45) is 5.74. The maximum Gasteiger partial charge on any atom is 0.317 e. The summed E-state index contributed by atoms with van der Waals surface area (Å²) in [5.41, 5.74) is 4.40. The Balaban J connectivity index is 1.79. The van der Waals surface area contributed by atoms with Gasteiger partial charge in [0.1, 0.15) is 0 Å². The van der Waals surface area contributed by atoms with Crippen LogP contribution in [0, 0.1) is 0 Å². The van der Waals surface area contributed by atoms with E-state index in [0.29, 0.717) is 36.1 Å². The number of rotatable bonds is 4. The zero-order valence-corrected chi connectivity index (χ0v) is 13.0. The van der Waals surface area contributed by atoms with Crippen molar-refractivity contribution in [2.45, 2.75) is 6.42 Å². The molecule has 0 unspecified atom stereocenters. The molecule has 2 aromatic rings. The van der Waals surface area contributed by atoms with Crippen molar-refractivity contribution in [3.05, 3.63) is 36.3 Å². The molecule has 0 aromatic carbocycles. The molecule has 3 heterocycles. The van der Waals surface area contributed by atoms with Crippen LogP contribution in [-0.4, -0.2) is 52.2 Å². The Labute approximate surface area is 138 Å². The predicted molar refractivity (Wildman–Crippen MR) is 88.9 cm³/mol. The second kappa shape index (κ2) is 7.22. The zero-order valence-electron chi connectivity index (χ0n) is 13.0. The molecule has 3 N–H and O–H groups in total. The Kier molecular flexibility index (Phi) is 4.85. The molecule has 0 aliphatic carbocycles. The van der Waals surface area contributed by atoms with Crippen molar-refractivity contribution in [3.8, 4) is 0 Å². The third-order valence-corrected chi connectivity index (χ3v) is 3.94. The third-order valence-electron chi connectivity index (χ3n) is 3.94. The van der Waals surface area contributed by atoms with Gasteiger partial charge in [0.05, 0.1) is 29.7 Å². The number of carbonyl (C=O) groups excluding carboxylic acids is 1. The van der Waals surface area contributed by atoms with Gasteiger partial charge in [-0.3, -0.25) is 9.97 Å². The van der Waals surface area contributed by atoms with Gasteiger partial charge in [0.15, 0.2) is 0 Å². The Morgan fingerprint density at radius 1 is 1.42 bits per heavy atom. The Morgan fingerprint density at radius 3 is 3.00 bits per heavy atom. The molecular weight excluding hydrogens is 313 g/mol. The van der Waals surface area contributed by atoms with E-state index in [1.54, 1.807) is 28.8 Å². The first-order chi connectivity index (χ1) is 11.7. The summed E-state index contributed by atoms with van der Waals surface area (Å²) in [5, 5.41) is 12.0. The maximum atomic E-state index is 12.9. The molecule has 126 valence electrons. The van der Waals surface area contributed by atoms with Crippen molar-refractivity contribution in [1.82, 2.24) is 20.2 Å². The van der Waals surface area contributed by atoms with Crippen LogP contribution in [0.3, 0.4) is 0 Å². The van der Waals surface area contributed by atoms with Crippen molar-refractivity contribution in [2.75, 3.05) is 31.8 Å². The number of hydrogen-bond acceptors (Lipinski definition) is 5.